The summed E-state index contributed by atoms with van der Waals surface area (Å²) in [6.45, 7) is 1.40. The number of carbonyl (C=O) groups excluding carboxylic acids is 1. The molecule has 0 bridgehead atoms. The van der Waals surface area contributed by atoms with Gasteiger partial charge in [-0.3, -0.25) is 4.79 Å². The number of aromatic carboxylic acids is 1. The molecular formula is C14H20N2O4. The van der Waals surface area contributed by atoms with E-state index < -0.39 is 5.97 Å². The van der Waals surface area contributed by atoms with E-state index in [-0.39, 0.29) is 24.2 Å². The van der Waals surface area contributed by atoms with Crippen molar-refractivity contribution in [3.05, 3.63) is 24.0 Å². The van der Waals surface area contributed by atoms with E-state index in [4.69, 9.17) is 9.84 Å². The molecule has 1 atom stereocenters. The predicted molar refractivity (Wildman–Crippen MR) is 72.6 cm³/mol. The third-order valence-corrected chi connectivity index (χ3v) is 3.43. The molecule has 0 radical (unpaired) electrons. The van der Waals surface area contributed by atoms with Gasteiger partial charge in [-0.05, 0) is 37.8 Å². The molecule has 2 heterocycles. The van der Waals surface area contributed by atoms with E-state index in [1.807, 2.05) is 0 Å². The van der Waals surface area contributed by atoms with Gasteiger partial charge in [-0.15, -0.1) is 0 Å². The fourth-order valence-electron chi connectivity index (χ4n) is 2.36. The van der Waals surface area contributed by atoms with Gasteiger partial charge in [0.25, 0.3) is 0 Å². The molecule has 1 aliphatic rings. The quantitative estimate of drug-likeness (QED) is 0.822. The molecule has 1 aromatic heterocycles. The number of rotatable bonds is 6. The Morgan fingerprint density at radius 3 is 3.00 bits per heavy atom. The van der Waals surface area contributed by atoms with E-state index in [1.54, 1.807) is 12.3 Å². The normalized spacial score (nSPS) is 18.7. The maximum absolute atomic E-state index is 11.8. The number of hydrogen-bond acceptors (Lipinski definition) is 3. The highest BCUT2D eigenvalue weighted by atomic mass is 16.5. The molecule has 1 aromatic rings. The lowest BCUT2D eigenvalue weighted by atomic mass is 10.1. The highest BCUT2D eigenvalue weighted by Gasteiger charge is 2.14. The van der Waals surface area contributed by atoms with E-state index in [1.165, 1.54) is 17.1 Å². The summed E-state index contributed by atoms with van der Waals surface area (Å²) >= 11 is 0. The van der Waals surface area contributed by atoms with Crippen LogP contribution in [0.1, 0.15) is 36.2 Å². The third kappa shape index (κ3) is 4.09. The molecule has 20 heavy (non-hydrogen) atoms. The summed E-state index contributed by atoms with van der Waals surface area (Å²) in [5.41, 5.74) is 0.121. The second-order valence-electron chi connectivity index (χ2n) is 4.95. The molecule has 0 aromatic carbocycles. The third-order valence-electron chi connectivity index (χ3n) is 3.43. The molecule has 110 valence electrons. The molecule has 1 saturated heterocycles. The van der Waals surface area contributed by atoms with E-state index >= 15 is 0 Å². The molecule has 1 aliphatic heterocycles. The first-order valence-corrected chi connectivity index (χ1v) is 6.93. The lowest BCUT2D eigenvalue weighted by Gasteiger charge is -2.22. The van der Waals surface area contributed by atoms with E-state index in [0.29, 0.717) is 6.54 Å². The summed E-state index contributed by atoms with van der Waals surface area (Å²) in [5, 5.41) is 11.7. The Hall–Kier alpha value is -1.82. The molecule has 0 spiro atoms. The topological polar surface area (TPSA) is 80.6 Å². The lowest BCUT2D eigenvalue weighted by Crippen LogP contribution is -2.32. The van der Waals surface area contributed by atoms with Gasteiger partial charge >= 0.3 is 5.97 Å². The first-order valence-electron chi connectivity index (χ1n) is 6.93. The minimum atomic E-state index is -1.03. The second kappa shape index (κ2) is 7.09. The van der Waals surface area contributed by atoms with Crippen LogP contribution in [0, 0.1) is 0 Å². The highest BCUT2D eigenvalue weighted by Crippen LogP contribution is 2.14. The number of aromatic nitrogens is 1. The summed E-state index contributed by atoms with van der Waals surface area (Å²) in [6.07, 6.45) is 6.00. The number of nitrogens with zero attached hydrogens (tertiary/aromatic N) is 1. The zero-order valence-electron chi connectivity index (χ0n) is 11.4. The van der Waals surface area contributed by atoms with Crippen molar-refractivity contribution in [1.82, 2.24) is 9.88 Å². The Labute approximate surface area is 117 Å². The van der Waals surface area contributed by atoms with Crippen molar-refractivity contribution in [1.29, 1.82) is 0 Å². The van der Waals surface area contributed by atoms with Gasteiger partial charge in [0.05, 0.1) is 6.10 Å². The highest BCUT2D eigenvalue weighted by molar-refractivity contribution is 5.86. The number of amides is 1. The first kappa shape index (κ1) is 14.6. The average Bonchev–Trinajstić information content (AvgIpc) is 2.88. The van der Waals surface area contributed by atoms with Crippen LogP contribution in [0.5, 0.6) is 0 Å². The Bertz CT molecular complexity index is 463. The van der Waals surface area contributed by atoms with Crippen molar-refractivity contribution in [2.24, 2.45) is 0 Å². The van der Waals surface area contributed by atoms with Crippen molar-refractivity contribution in [2.45, 2.75) is 38.3 Å². The van der Waals surface area contributed by atoms with Crippen LogP contribution in [-0.4, -0.2) is 40.8 Å². The zero-order valence-corrected chi connectivity index (χ0v) is 11.4. The van der Waals surface area contributed by atoms with Crippen molar-refractivity contribution >= 4 is 11.9 Å². The van der Waals surface area contributed by atoms with Crippen LogP contribution in [0.2, 0.25) is 0 Å². The fraction of sp³-hybridized carbons (Fsp3) is 0.571. The van der Waals surface area contributed by atoms with E-state index in [0.717, 1.165) is 25.9 Å². The Kier molecular flexibility index (Phi) is 5.17. The summed E-state index contributed by atoms with van der Waals surface area (Å²) in [7, 11) is 0. The second-order valence-corrected chi connectivity index (χ2v) is 4.95. The van der Waals surface area contributed by atoms with Crippen LogP contribution in [0.3, 0.4) is 0 Å². The number of hydrogen-bond donors (Lipinski definition) is 2. The van der Waals surface area contributed by atoms with Crippen molar-refractivity contribution < 1.29 is 19.4 Å². The fourth-order valence-corrected chi connectivity index (χ4v) is 2.36. The molecule has 0 saturated carbocycles. The standard InChI is InChI=1S/C14H20N2O4/c17-13(10-16-8-3-5-12(16)14(18)19)15-7-6-11-4-1-2-9-20-11/h3,5,8,11H,1-2,4,6-7,9-10H2,(H,15,17)(H,18,19). The molecule has 6 nitrogen and oxygen atoms in total. The molecule has 2 rings (SSSR count). The molecule has 1 unspecified atom stereocenters. The van der Waals surface area contributed by atoms with Crippen LogP contribution >= 0.6 is 0 Å². The smallest absolute Gasteiger partial charge is 0.352 e. The lowest BCUT2D eigenvalue weighted by molar-refractivity contribution is -0.121. The summed E-state index contributed by atoms with van der Waals surface area (Å²) in [4.78, 5) is 22.7. The van der Waals surface area contributed by atoms with E-state index in [2.05, 4.69) is 5.32 Å². The Balaban J connectivity index is 1.72. The van der Waals surface area contributed by atoms with Gasteiger partial charge in [0.1, 0.15) is 12.2 Å². The number of carboxylic acid groups (broad SMARTS) is 1. The first-order chi connectivity index (χ1) is 9.66. The monoisotopic (exact) mass is 280 g/mol. The Morgan fingerprint density at radius 1 is 1.45 bits per heavy atom. The maximum Gasteiger partial charge on any atom is 0.352 e. The molecule has 1 fully saturated rings. The van der Waals surface area contributed by atoms with Crippen LogP contribution in [0.25, 0.3) is 0 Å². The Morgan fingerprint density at radius 2 is 2.30 bits per heavy atom. The maximum atomic E-state index is 11.8. The van der Waals surface area contributed by atoms with Crippen LogP contribution < -0.4 is 5.32 Å². The molecular weight excluding hydrogens is 260 g/mol. The number of nitrogens with one attached hydrogen (secondary N) is 1. The van der Waals surface area contributed by atoms with Crippen LogP contribution in [-0.2, 0) is 16.1 Å². The SMILES string of the molecule is O=C(Cn1cccc1C(=O)O)NCCC1CCCCO1. The number of carboxylic acids is 1. The van der Waals surface area contributed by atoms with Crippen molar-refractivity contribution in [3.8, 4) is 0 Å². The van der Waals surface area contributed by atoms with Crippen LogP contribution in [0.4, 0.5) is 0 Å². The summed E-state index contributed by atoms with van der Waals surface area (Å²) in [6, 6.07) is 3.10. The van der Waals surface area contributed by atoms with Gasteiger partial charge in [-0.2, -0.15) is 0 Å². The van der Waals surface area contributed by atoms with Crippen molar-refractivity contribution in [3.63, 3.8) is 0 Å². The van der Waals surface area contributed by atoms with Gasteiger partial charge < -0.3 is 19.7 Å². The van der Waals surface area contributed by atoms with Crippen LogP contribution in [0.15, 0.2) is 18.3 Å². The van der Waals surface area contributed by atoms with Gasteiger partial charge in [0.15, 0.2) is 0 Å². The molecule has 0 aliphatic carbocycles. The minimum Gasteiger partial charge on any atom is -0.477 e. The van der Waals surface area contributed by atoms with Gasteiger partial charge in [-0.25, -0.2) is 4.79 Å². The van der Waals surface area contributed by atoms with E-state index in [9.17, 15) is 9.59 Å². The van der Waals surface area contributed by atoms with Crippen molar-refractivity contribution in [2.75, 3.05) is 13.2 Å². The average molecular weight is 280 g/mol. The van der Waals surface area contributed by atoms with Gasteiger partial charge in [0.2, 0.25) is 5.91 Å². The molecule has 6 heteroatoms. The summed E-state index contributed by atoms with van der Waals surface area (Å²) < 4.78 is 7.01. The predicted octanol–water partition coefficient (Wildman–Crippen LogP) is 1.26. The molecule has 2 N–H and O–H groups in total. The van der Waals surface area contributed by atoms with Gasteiger partial charge in [0, 0.05) is 19.3 Å². The minimum absolute atomic E-state index is 0.0279. The van der Waals surface area contributed by atoms with Gasteiger partial charge in [-0.1, -0.05) is 0 Å². The summed E-state index contributed by atoms with van der Waals surface area (Å²) in [5.74, 6) is -1.21. The molecule has 1 amide bonds. The number of carbonyl (C=O) groups is 2. The zero-order chi connectivity index (χ0) is 14.4. The largest absolute Gasteiger partial charge is 0.477 e. The number of ether oxygens (including phenoxy) is 1.